The zero-order chi connectivity index (χ0) is 11.5. The Morgan fingerprint density at radius 1 is 1.38 bits per heavy atom. The fraction of sp³-hybridized carbons (Fsp3) is 0.600. The van der Waals surface area contributed by atoms with Crippen LogP contribution < -0.4 is 0 Å². The largest absolute Gasteiger partial charge is 0.396 e. The molecule has 2 rings (SSSR count). The Bertz CT molecular complexity index is 352. The van der Waals surface area contributed by atoms with Crippen LogP contribution in [0.5, 0.6) is 0 Å². The van der Waals surface area contributed by atoms with Gasteiger partial charge in [-0.3, -0.25) is 0 Å². The molecule has 1 aliphatic rings. The van der Waals surface area contributed by atoms with E-state index in [2.05, 4.69) is 32.0 Å². The maximum absolute atomic E-state index is 9.21. The van der Waals surface area contributed by atoms with Crippen LogP contribution in [0, 0.1) is 0 Å². The molecule has 1 nitrogen and oxygen atoms in total. The van der Waals surface area contributed by atoms with Crippen LogP contribution in [0.4, 0.5) is 0 Å². The lowest BCUT2D eigenvalue weighted by atomic mass is 9.93. The van der Waals surface area contributed by atoms with Crippen LogP contribution in [0.3, 0.4) is 0 Å². The summed E-state index contributed by atoms with van der Waals surface area (Å²) in [6.07, 6.45) is 5.12. The van der Waals surface area contributed by atoms with Crippen molar-refractivity contribution in [1.29, 1.82) is 0 Å². The molecule has 1 aliphatic carbocycles. The first kappa shape index (κ1) is 11.7. The molecular weight excluding hydrogens is 196 g/mol. The second kappa shape index (κ2) is 5.01. The zero-order valence-electron chi connectivity index (χ0n) is 10.4. The summed E-state index contributed by atoms with van der Waals surface area (Å²) in [5.41, 5.74) is 4.38. The quantitative estimate of drug-likeness (QED) is 0.800. The number of aliphatic hydroxyl groups excluding tert-OH is 1. The van der Waals surface area contributed by atoms with E-state index in [1.165, 1.54) is 36.8 Å². The Kier molecular flexibility index (Phi) is 3.65. The fourth-order valence-corrected chi connectivity index (χ4v) is 2.30. The molecule has 1 aromatic rings. The minimum atomic E-state index is 0.247. The summed E-state index contributed by atoms with van der Waals surface area (Å²) >= 11 is 0. The van der Waals surface area contributed by atoms with E-state index in [4.69, 9.17) is 0 Å². The van der Waals surface area contributed by atoms with E-state index >= 15 is 0 Å². The van der Waals surface area contributed by atoms with Gasteiger partial charge in [-0.1, -0.05) is 38.5 Å². The molecule has 1 unspecified atom stereocenters. The van der Waals surface area contributed by atoms with Crippen molar-refractivity contribution in [2.24, 2.45) is 0 Å². The molecule has 0 bridgehead atoms. The third-order valence-electron chi connectivity index (χ3n) is 3.55. The van der Waals surface area contributed by atoms with E-state index < -0.39 is 0 Å². The van der Waals surface area contributed by atoms with Crippen molar-refractivity contribution >= 4 is 0 Å². The molecule has 1 fully saturated rings. The summed E-state index contributed by atoms with van der Waals surface area (Å²) in [4.78, 5) is 0. The maximum Gasteiger partial charge on any atom is 0.0497 e. The van der Waals surface area contributed by atoms with E-state index in [0.717, 1.165) is 5.92 Å². The third kappa shape index (κ3) is 2.46. The second-order valence-electron chi connectivity index (χ2n) is 5.07. The van der Waals surface area contributed by atoms with Gasteiger partial charge in [0.05, 0.1) is 0 Å². The van der Waals surface area contributed by atoms with Gasteiger partial charge < -0.3 is 5.11 Å². The van der Waals surface area contributed by atoms with Gasteiger partial charge in [0.25, 0.3) is 0 Å². The van der Waals surface area contributed by atoms with Crippen LogP contribution in [0.25, 0.3) is 0 Å². The minimum Gasteiger partial charge on any atom is -0.396 e. The molecule has 0 heterocycles. The first-order valence-electron chi connectivity index (χ1n) is 6.49. The molecular formula is C15H22O. The second-order valence-corrected chi connectivity index (χ2v) is 5.07. The molecule has 0 spiro atoms. The lowest BCUT2D eigenvalue weighted by Gasteiger charge is -2.14. The molecule has 1 N–H and O–H groups in total. The molecule has 0 aromatic heterocycles. The summed E-state index contributed by atoms with van der Waals surface area (Å²) < 4.78 is 0. The van der Waals surface area contributed by atoms with Crippen molar-refractivity contribution < 1.29 is 5.11 Å². The SMILES string of the molecule is CCCc1ccc(C(C)CO)cc1C1CC1. The predicted octanol–water partition coefficient (Wildman–Crippen LogP) is 3.61. The predicted molar refractivity (Wildman–Crippen MR) is 67.9 cm³/mol. The van der Waals surface area contributed by atoms with Gasteiger partial charge >= 0.3 is 0 Å². The Labute approximate surface area is 98.5 Å². The van der Waals surface area contributed by atoms with Gasteiger partial charge in [0.2, 0.25) is 0 Å². The summed E-state index contributed by atoms with van der Waals surface area (Å²) in [5, 5.41) is 9.21. The van der Waals surface area contributed by atoms with Gasteiger partial charge in [-0.25, -0.2) is 0 Å². The molecule has 88 valence electrons. The summed E-state index contributed by atoms with van der Waals surface area (Å²) in [7, 11) is 0. The van der Waals surface area contributed by atoms with Gasteiger partial charge in [0.15, 0.2) is 0 Å². The first-order chi connectivity index (χ1) is 7.76. The molecule has 16 heavy (non-hydrogen) atoms. The van der Waals surface area contributed by atoms with E-state index in [0.29, 0.717) is 0 Å². The van der Waals surface area contributed by atoms with Gasteiger partial charge in [-0.05, 0) is 41.9 Å². The maximum atomic E-state index is 9.21. The molecule has 0 aliphatic heterocycles. The normalized spacial score (nSPS) is 17.4. The highest BCUT2D eigenvalue weighted by Crippen LogP contribution is 2.42. The first-order valence-corrected chi connectivity index (χ1v) is 6.49. The highest BCUT2D eigenvalue weighted by molar-refractivity contribution is 5.38. The Morgan fingerprint density at radius 3 is 2.69 bits per heavy atom. The minimum absolute atomic E-state index is 0.247. The number of aliphatic hydroxyl groups is 1. The van der Waals surface area contributed by atoms with Crippen molar-refractivity contribution in [2.75, 3.05) is 6.61 Å². The molecule has 1 heteroatoms. The number of rotatable bonds is 5. The lowest BCUT2D eigenvalue weighted by Crippen LogP contribution is -2.01. The lowest BCUT2D eigenvalue weighted by molar-refractivity contribution is 0.273. The van der Waals surface area contributed by atoms with Gasteiger partial charge in [-0.15, -0.1) is 0 Å². The van der Waals surface area contributed by atoms with Crippen LogP contribution in [0.1, 0.15) is 61.6 Å². The zero-order valence-corrected chi connectivity index (χ0v) is 10.4. The van der Waals surface area contributed by atoms with E-state index in [1.54, 1.807) is 5.56 Å². The van der Waals surface area contributed by atoms with Crippen LogP contribution in [-0.2, 0) is 6.42 Å². The average Bonchev–Trinajstić information content (AvgIpc) is 3.13. The number of hydrogen-bond acceptors (Lipinski definition) is 1. The topological polar surface area (TPSA) is 20.2 Å². The van der Waals surface area contributed by atoms with Crippen molar-refractivity contribution in [3.63, 3.8) is 0 Å². The third-order valence-corrected chi connectivity index (χ3v) is 3.55. The van der Waals surface area contributed by atoms with Crippen molar-refractivity contribution in [2.45, 2.75) is 51.4 Å². The molecule has 1 aromatic carbocycles. The highest BCUT2D eigenvalue weighted by atomic mass is 16.3. The van der Waals surface area contributed by atoms with Gasteiger partial charge in [0, 0.05) is 12.5 Å². The van der Waals surface area contributed by atoms with Crippen LogP contribution in [0.2, 0.25) is 0 Å². The Balaban J connectivity index is 2.28. The van der Waals surface area contributed by atoms with E-state index in [-0.39, 0.29) is 12.5 Å². The van der Waals surface area contributed by atoms with Crippen molar-refractivity contribution in [3.05, 3.63) is 34.9 Å². The standard InChI is InChI=1S/C15H22O/c1-3-4-12-7-8-14(11(2)10-16)9-15(12)13-5-6-13/h7-9,11,13,16H,3-6,10H2,1-2H3. The Hall–Kier alpha value is -0.820. The number of aryl methyl sites for hydroxylation is 1. The average molecular weight is 218 g/mol. The fourth-order valence-electron chi connectivity index (χ4n) is 2.30. The van der Waals surface area contributed by atoms with E-state index in [1.807, 2.05) is 0 Å². The van der Waals surface area contributed by atoms with Gasteiger partial charge in [-0.2, -0.15) is 0 Å². The Morgan fingerprint density at radius 2 is 2.12 bits per heavy atom. The van der Waals surface area contributed by atoms with Crippen molar-refractivity contribution in [1.82, 2.24) is 0 Å². The van der Waals surface area contributed by atoms with Crippen LogP contribution in [-0.4, -0.2) is 11.7 Å². The summed E-state index contributed by atoms with van der Waals surface area (Å²) in [6, 6.07) is 6.81. The molecule has 0 amide bonds. The summed E-state index contributed by atoms with van der Waals surface area (Å²) in [5.74, 6) is 1.08. The number of hydrogen-bond donors (Lipinski definition) is 1. The van der Waals surface area contributed by atoms with Crippen LogP contribution in [0.15, 0.2) is 18.2 Å². The highest BCUT2D eigenvalue weighted by Gasteiger charge is 2.26. The molecule has 1 atom stereocenters. The molecule has 0 saturated heterocycles. The molecule has 1 saturated carbocycles. The van der Waals surface area contributed by atoms with Crippen molar-refractivity contribution in [3.8, 4) is 0 Å². The monoisotopic (exact) mass is 218 g/mol. The van der Waals surface area contributed by atoms with E-state index in [9.17, 15) is 5.11 Å². The van der Waals surface area contributed by atoms with Gasteiger partial charge in [0.1, 0.15) is 0 Å². The smallest absolute Gasteiger partial charge is 0.0497 e. The van der Waals surface area contributed by atoms with Crippen LogP contribution >= 0.6 is 0 Å². The molecule has 0 radical (unpaired) electrons. The summed E-state index contributed by atoms with van der Waals surface area (Å²) in [6.45, 7) is 4.57. The number of benzene rings is 1.